The highest BCUT2D eigenvalue weighted by Crippen LogP contribution is 2.31. The van der Waals surface area contributed by atoms with Crippen molar-refractivity contribution in [2.45, 2.75) is 38.1 Å². The molecule has 0 spiro atoms. The van der Waals surface area contributed by atoms with E-state index in [9.17, 15) is 4.79 Å². The lowest BCUT2D eigenvalue weighted by molar-refractivity contribution is -0.139. The average molecular weight is 322 g/mol. The largest absolute Gasteiger partial charge is 0.339 e. The van der Waals surface area contributed by atoms with E-state index in [0.29, 0.717) is 11.9 Å². The highest BCUT2D eigenvalue weighted by atomic mass is 79.9. The van der Waals surface area contributed by atoms with Gasteiger partial charge in [0.2, 0.25) is 5.91 Å². The van der Waals surface area contributed by atoms with Crippen molar-refractivity contribution in [2.24, 2.45) is 5.92 Å². The summed E-state index contributed by atoms with van der Waals surface area (Å²) >= 11 is 3.48. The Morgan fingerprint density at radius 1 is 1.21 bits per heavy atom. The zero-order valence-electron chi connectivity index (χ0n) is 11.1. The Morgan fingerprint density at radius 3 is 2.32 bits per heavy atom. The summed E-state index contributed by atoms with van der Waals surface area (Å²) in [5, 5.41) is 0.884. The van der Waals surface area contributed by atoms with Crippen molar-refractivity contribution in [3.05, 3.63) is 35.4 Å². The molecule has 1 saturated carbocycles. The Kier molecular flexibility index (Phi) is 3.92. The molecule has 0 saturated heterocycles. The van der Waals surface area contributed by atoms with Gasteiger partial charge in [-0.25, -0.2) is 0 Å². The molecule has 0 N–H and O–H groups in total. The molecule has 2 aliphatic carbocycles. The van der Waals surface area contributed by atoms with Gasteiger partial charge in [0.15, 0.2) is 0 Å². The molecule has 2 nitrogen and oxygen atoms in total. The van der Waals surface area contributed by atoms with Crippen molar-refractivity contribution in [3.8, 4) is 0 Å². The second kappa shape index (κ2) is 5.66. The van der Waals surface area contributed by atoms with Gasteiger partial charge in [-0.3, -0.25) is 4.79 Å². The van der Waals surface area contributed by atoms with Crippen LogP contribution < -0.4 is 0 Å². The lowest BCUT2D eigenvalue weighted by Gasteiger charge is -2.38. The third-order valence-electron chi connectivity index (χ3n) is 4.52. The van der Waals surface area contributed by atoms with Crippen molar-refractivity contribution < 1.29 is 4.79 Å². The lowest BCUT2D eigenvalue weighted by Crippen LogP contribution is -2.47. The molecule has 1 amide bonds. The van der Waals surface area contributed by atoms with Gasteiger partial charge in [-0.15, -0.1) is 0 Å². The summed E-state index contributed by atoms with van der Waals surface area (Å²) in [6.45, 7) is 0.857. The molecule has 0 bridgehead atoms. The summed E-state index contributed by atoms with van der Waals surface area (Å²) in [6.07, 6.45) is 5.53. The van der Waals surface area contributed by atoms with E-state index in [2.05, 4.69) is 45.1 Å². The molecular formula is C16H20BrNO. The van der Waals surface area contributed by atoms with Crippen LogP contribution in [0.25, 0.3) is 0 Å². The molecule has 0 unspecified atom stereocenters. The predicted octanol–water partition coefficient (Wildman–Crippen LogP) is 3.18. The number of halogens is 1. The number of rotatable bonds is 4. The fraction of sp³-hybridized carbons (Fsp3) is 0.562. The maximum Gasteiger partial charge on any atom is 0.226 e. The molecule has 0 heterocycles. The number of benzene rings is 1. The second-order valence-corrected chi connectivity index (χ2v) is 6.47. The van der Waals surface area contributed by atoms with Crippen LogP contribution in [0, 0.1) is 5.92 Å². The molecule has 0 aromatic heterocycles. The smallest absolute Gasteiger partial charge is 0.226 e. The maximum atomic E-state index is 12.7. The van der Waals surface area contributed by atoms with E-state index in [1.165, 1.54) is 30.4 Å². The van der Waals surface area contributed by atoms with Gasteiger partial charge in [-0.1, -0.05) is 40.2 Å². The van der Waals surface area contributed by atoms with Gasteiger partial charge in [-0.2, -0.15) is 0 Å². The van der Waals surface area contributed by atoms with Crippen LogP contribution in [0.2, 0.25) is 0 Å². The van der Waals surface area contributed by atoms with Crippen molar-refractivity contribution in [1.29, 1.82) is 0 Å². The van der Waals surface area contributed by atoms with E-state index in [1.807, 2.05) is 0 Å². The molecule has 1 aromatic carbocycles. The number of carbonyl (C=O) groups is 1. The van der Waals surface area contributed by atoms with E-state index < -0.39 is 0 Å². The monoisotopic (exact) mass is 321 g/mol. The van der Waals surface area contributed by atoms with Gasteiger partial charge in [0.05, 0.1) is 0 Å². The van der Waals surface area contributed by atoms with Crippen LogP contribution >= 0.6 is 15.9 Å². The Labute approximate surface area is 123 Å². The highest BCUT2D eigenvalue weighted by molar-refractivity contribution is 9.09. The summed E-state index contributed by atoms with van der Waals surface area (Å²) in [5.41, 5.74) is 2.74. The van der Waals surface area contributed by atoms with Gasteiger partial charge >= 0.3 is 0 Å². The summed E-state index contributed by atoms with van der Waals surface area (Å²) in [7, 11) is 0. The first-order chi connectivity index (χ1) is 9.29. The van der Waals surface area contributed by atoms with Gasteiger partial charge < -0.3 is 4.90 Å². The molecule has 2 aliphatic rings. The van der Waals surface area contributed by atoms with E-state index >= 15 is 0 Å². The fourth-order valence-corrected chi connectivity index (χ4v) is 3.61. The standard InChI is InChI=1S/C16H20BrNO/c17-8-9-18(15-6-3-7-15)16(19)14-10-12-4-1-2-5-13(12)11-14/h1-2,4-5,14-15H,3,6-11H2. The maximum absolute atomic E-state index is 12.7. The summed E-state index contributed by atoms with van der Waals surface area (Å²) in [4.78, 5) is 14.9. The van der Waals surface area contributed by atoms with E-state index in [1.54, 1.807) is 0 Å². The zero-order chi connectivity index (χ0) is 13.2. The minimum Gasteiger partial charge on any atom is -0.339 e. The van der Waals surface area contributed by atoms with Crippen LogP contribution in [0.3, 0.4) is 0 Å². The number of hydrogen-bond acceptors (Lipinski definition) is 1. The Bertz CT molecular complexity index is 445. The highest BCUT2D eigenvalue weighted by Gasteiger charge is 2.35. The summed E-state index contributed by atoms with van der Waals surface area (Å²) in [6, 6.07) is 9.00. The number of hydrogen-bond donors (Lipinski definition) is 0. The lowest BCUT2D eigenvalue weighted by atomic mass is 9.90. The molecule has 0 atom stereocenters. The topological polar surface area (TPSA) is 20.3 Å². The van der Waals surface area contributed by atoms with E-state index in [-0.39, 0.29) is 5.92 Å². The third-order valence-corrected chi connectivity index (χ3v) is 4.88. The molecule has 102 valence electrons. The van der Waals surface area contributed by atoms with E-state index in [4.69, 9.17) is 0 Å². The minimum atomic E-state index is 0.178. The van der Waals surface area contributed by atoms with Crippen LogP contribution in [-0.2, 0) is 17.6 Å². The van der Waals surface area contributed by atoms with Crippen molar-refractivity contribution in [2.75, 3.05) is 11.9 Å². The quantitative estimate of drug-likeness (QED) is 0.780. The van der Waals surface area contributed by atoms with Crippen LogP contribution in [0.4, 0.5) is 0 Å². The Balaban J connectivity index is 1.70. The molecule has 19 heavy (non-hydrogen) atoms. The first-order valence-electron chi connectivity index (χ1n) is 7.23. The third kappa shape index (κ3) is 2.58. The minimum absolute atomic E-state index is 0.178. The van der Waals surface area contributed by atoms with Crippen LogP contribution in [-0.4, -0.2) is 28.7 Å². The molecule has 3 heteroatoms. The normalized spacial score (nSPS) is 19.0. The second-order valence-electron chi connectivity index (χ2n) is 5.68. The molecule has 0 aliphatic heterocycles. The first kappa shape index (κ1) is 13.2. The molecule has 3 rings (SSSR count). The number of alkyl halides is 1. The number of fused-ring (bicyclic) bond motifs is 1. The molecule has 0 radical (unpaired) electrons. The average Bonchev–Trinajstić information content (AvgIpc) is 2.79. The van der Waals surface area contributed by atoms with E-state index in [0.717, 1.165) is 24.7 Å². The van der Waals surface area contributed by atoms with Crippen molar-refractivity contribution >= 4 is 21.8 Å². The van der Waals surface area contributed by atoms with Crippen molar-refractivity contribution in [1.82, 2.24) is 4.90 Å². The SMILES string of the molecule is O=C(C1Cc2ccccc2C1)N(CCBr)C1CCC1. The van der Waals surface area contributed by atoms with Crippen LogP contribution in [0.1, 0.15) is 30.4 Å². The van der Waals surface area contributed by atoms with Crippen LogP contribution in [0.15, 0.2) is 24.3 Å². The number of nitrogens with zero attached hydrogens (tertiary/aromatic N) is 1. The molecule has 1 fully saturated rings. The predicted molar refractivity (Wildman–Crippen MR) is 80.5 cm³/mol. The molecular weight excluding hydrogens is 302 g/mol. The fourth-order valence-electron chi connectivity index (χ4n) is 3.23. The Morgan fingerprint density at radius 2 is 1.84 bits per heavy atom. The summed E-state index contributed by atoms with van der Waals surface area (Å²) in [5.74, 6) is 0.553. The Hall–Kier alpha value is -0.830. The summed E-state index contributed by atoms with van der Waals surface area (Å²) < 4.78 is 0. The van der Waals surface area contributed by atoms with Gasteiger partial charge in [-0.05, 0) is 43.2 Å². The number of amides is 1. The number of carbonyl (C=O) groups excluding carboxylic acids is 1. The first-order valence-corrected chi connectivity index (χ1v) is 8.35. The molecule has 1 aromatic rings. The van der Waals surface area contributed by atoms with Crippen LogP contribution in [0.5, 0.6) is 0 Å². The van der Waals surface area contributed by atoms with Gasteiger partial charge in [0.25, 0.3) is 0 Å². The van der Waals surface area contributed by atoms with Crippen molar-refractivity contribution in [3.63, 3.8) is 0 Å². The van der Waals surface area contributed by atoms with Gasteiger partial charge in [0, 0.05) is 23.8 Å². The van der Waals surface area contributed by atoms with Gasteiger partial charge in [0.1, 0.15) is 0 Å². The zero-order valence-corrected chi connectivity index (χ0v) is 12.7.